The Balaban J connectivity index is 1.54. The molecular formula is C22H21BN2O2. The number of imide groups is 1. The summed E-state index contributed by atoms with van der Waals surface area (Å²) in [6.45, 7) is 6.43. The van der Waals surface area contributed by atoms with Gasteiger partial charge >= 0.3 is 0 Å². The van der Waals surface area contributed by atoms with E-state index in [0.717, 1.165) is 23.0 Å². The third-order valence-corrected chi connectivity index (χ3v) is 4.86. The molecule has 0 saturated carbocycles. The highest BCUT2D eigenvalue weighted by molar-refractivity contribution is 6.64. The molecule has 0 aromatic heterocycles. The van der Waals surface area contributed by atoms with Gasteiger partial charge in [-0.2, -0.15) is 0 Å². The fourth-order valence-electron chi connectivity index (χ4n) is 3.31. The van der Waals surface area contributed by atoms with Crippen LogP contribution in [0.25, 0.3) is 5.57 Å². The number of carbonyl (C=O) groups excluding carboxylic acids is 2. The maximum Gasteiger partial charge on any atom is 0.269 e. The number of benzene rings is 2. The number of hydrogen-bond donors (Lipinski definition) is 0. The lowest BCUT2D eigenvalue weighted by Crippen LogP contribution is -2.30. The van der Waals surface area contributed by atoms with Gasteiger partial charge in [0.25, 0.3) is 18.5 Å². The highest BCUT2D eigenvalue weighted by Gasteiger charge is 2.34. The van der Waals surface area contributed by atoms with Crippen LogP contribution in [0.3, 0.4) is 0 Å². The third-order valence-electron chi connectivity index (χ3n) is 4.86. The first-order valence-electron chi connectivity index (χ1n) is 9.13. The van der Waals surface area contributed by atoms with Crippen molar-refractivity contribution in [3.8, 4) is 5.97 Å². The summed E-state index contributed by atoms with van der Waals surface area (Å²) in [6.07, 6.45) is 2.13. The normalized spacial score (nSPS) is 12.7. The number of rotatable bonds is 7. The van der Waals surface area contributed by atoms with Crippen LogP contribution in [0.4, 0.5) is 0 Å². The second-order valence-electron chi connectivity index (χ2n) is 6.95. The van der Waals surface area contributed by atoms with Gasteiger partial charge in [-0.25, -0.2) is 5.26 Å². The van der Waals surface area contributed by atoms with Crippen LogP contribution < -0.4 is 0 Å². The van der Waals surface area contributed by atoms with Crippen molar-refractivity contribution in [2.45, 2.75) is 26.0 Å². The molecule has 0 saturated heterocycles. The minimum absolute atomic E-state index is 0.00119. The molecule has 2 aromatic rings. The van der Waals surface area contributed by atoms with Crippen molar-refractivity contribution in [1.82, 2.24) is 4.90 Å². The van der Waals surface area contributed by atoms with E-state index in [1.165, 1.54) is 4.90 Å². The Morgan fingerprint density at radius 2 is 1.67 bits per heavy atom. The molecule has 0 spiro atoms. The van der Waals surface area contributed by atoms with Crippen LogP contribution in [0.15, 0.2) is 55.1 Å². The van der Waals surface area contributed by atoms with E-state index in [1.807, 2.05) is 31.1 Å². The highest BCUT2D eigenvalue weighted by Crippen LogP contribution is 2.24. The van der Waals surface area contributed by atoms with Gasteiger partial charge < -0.3 is 0 Å². The van der Waals surface area contributed by atoms with Gasteiger partial charge in [-0.3, -0.25) is 14.5 Å². The first kappa shape index (κ1) is 18.7. The fourth-order valence-corrected chi connectivity index (χ4v) is 3.31. The van der Waals surface area contributed by atoms with E-state index in [9.17, 15) is 9.59 Å². The molecule has 0 atom stereocenters. The summed E-state index contributed by atoms with van der Waals surface area (Å²) in [5, 5.41) is 8.90. The van der Waals surface area contributed by atoms with Gasteiger partial charge in [0.1, 0.15) is 0 Å². The lowest BCUT2D eigenvalue weighted by Gasteiger charge is -2.14. The Kier molecular flexibility index (Phi) is 5.56. The van der Waals surface area contributed by atoms with E-state index < -0.39 is 0 Å². The standard InChI is InChI=1S/C22H21BN2O2/c1-16(18-11-9-17(10-12-18)14-23(2)15-24)6-5-13-25-21(26)19-7-3-4-8-20(19)22(25)27/h3-4,7-12H,1,5-6,13-14H2,2H3. The zero-order valence-electron chi connectivity index (χ0n) is 15.4. The van der Waals surface area contributed by atoms with Gasteiger partial charge in [-0.05, 0) is 42.4 Å². The molecule has 2 amide bonds. The number of carbonyl (C=O) groups is 2. The Morgan fingerprint density at radius 1 is 1.07 bits per heavy atom. The summed E-state index contributed by atoms with van der Waals surface area (Å²) in [4.78, 5) is 26.0. The smallest absolute Gasteiger partial charge is 0.269 e. The van der Waals surface area contributed by atoms with Crippen LogP contribution in [-0.4, -0.2) is 30.0 Å². The predicted molar refractivity (Wildman–Crippen MR) is 107 cm³/mol. The molecule has 0 radical (unpaired) electrons. The number of allylic oxidation sites excluding steroid dienone is 1. The predicted octanol–water partition coefficient (Wildman–Crippen LogP) is 4.05. The largest absolute Gasteiger partial charge is 0.274 e. The molecule has 0 fully saturated rings. The molecule has 0 N–H and O–H groups in total. The van der Waals surface area contributed by atoms with Crippen LogP contribution in [-0.2, 0) is 6.32 Å². The Labute approximate surface area is 160 Å². The van der Waals surface area contributed by atoms with Gasteiger partial charge in [-0.1, -0.05) is 55.4 Å². The molecule has 0 unspecified atom stereocenters. The third kappa shape index (κ3) is 4.01. The summed E-state index contributed by atoms with van der Waals surface area (Å²) in [6, 6.07) is 15.0. The summed E-state index contributed by atoms with van der Waals surface area (Å²) >= 11 is 0. The van der Waals surface area contributed by atoms with E-state index in [0.29, 0.717) is 30.5 Å². The van der Waals surface area contributed by atoms with E-state index in [2.05, 4.69) is 12.5 Å². The topological polar surface area (TPSA) is 61.2 Å². The van der Waals surface area contributed by atoms with Crippen molar-refractivity contribution >= 4 is 24.1 Å². The van der Waals surface area contributed by atoms with Crippen LogP contribution in [0.5, 0.6) is 0 Å². The Bertz CT molecular complexity index is 893. The van der Waals surface area contributed by atoms with Crippen molar-refractivity contribution < 1.29 is 9.59 Å². The molecule has 1 aliphatic heterocycles. The number of nitriles is 1. The van der Waals surface area contributed by atoms with Crippen LogP contribution in [0, 0.1) is 11.2 Å². The number of amides is 2. The zero-order valence-corrected chi connectivity index (χ0v) is 15.4. The summed E-state index contributed by atoms with van der Waals surface area (Å²) in [5.41, 5.74) is 4.14. The number of hydrogen-bond acceptors (Lipinski definition) is 3. The Hall–Kier alpha value is -3.13. The zero-order chi connectivity index (χ0) is 19.4. The summed E-state index contributed by atoms with van der Waals surface area (Å²) in [5.74, 6) is 1.82. The van der Waals surface area contributed by atoms with Crippen molar-refractivity contribution in [3.05, 3.63) is 77.4 Å². The highest BCUT2D eigenvalue weighted by atomic mass is 16.2. The first-order valence-corrected chi connectivity index (χ1v) is 9.13. The second-order valence-corrected chi connectivity index (χ2v) is 6.95. The van der Waals surface area contributed by atoms with Gasteiger partial charge in [0.15, 0.2) is 0 Å². The molecule has 27 heavy (non-hydrogen) atoms. The van der Waals surface area contributed by atoms with Crippen molar-refractivity contribution in [2.75, 3.05) is 6.54 Å². The van der Waals surface area contributed by atoms with Crippen molar-refractivity contribution in [2.24, 2.45) is 0 Å². The summed E-state index contributed by atoms with van der Waals surface area (Å²) in [7, 11) is 0. The molecule has 134 valence electrons. The minimum Gasteiger partial charge on any atom is -0.274 e. The van der Waals surface area contributed by atoms with E-state index in [4.69, 9.17) is 5.26 Å². The van der Waals surface area contributed by atoms with Crippen LogP contribution in [0.1, 0.15) is 44.7 Å². The molecule has 1 heterocycles. The quantitative estimate of drug-likeness (QED) is 0.556. The number of fused-ring (bicyclic) bond motifs is 1. The van der Waals surface area contributed by atoms with E-state index in [1.54, 1.807) is 24.3 Å². The average Bonchev–Trinajstić information content (AvgIpc) is 2.93. The van der Waals surface area contributed by atoms with Gasteiger partial charge in [-0.15, -0.1) is 0 Å². The van der Waals surface area contributed by atoms with E-state index >= 15 is 0 Å². The van der Waals surface area contributed by atoms with Crippen LogP contribution >= 0.6 is 0 Å². The molecule has 4 nitrogen and oxygen atoms in total. The van der Waals surface area contributed by atoms with Crippen molar-refractivity contribution in [3.63, 3.8) is 0 Å². The maximum absolute atomic E-state index is 12.4. The SMILES string of the molecule is C=C(CCCN1C(=O)c2ccccc2C1=O)c1ccc(CB(C)C#N)cc1. The molecule has 0 bridgehead atoms. The second kappa shape index (κ2) is 8.05. The molecular weight excluding hydrogens is 335 g/mol. The van der Waals surface area contributed by atoms with E-state index in [-0.39, 0.29) is 18.5 Å². The lowest BCUT2D eigenvalue weighted by atomic mass is 9.50. The first-order chi connectivity index (χ1) is 13.0. The molecule has 2 aromatic carbocycles. The summed E-state index contributed by atoms with van der Waals surface area (Å²) < 4.78 is 0. The lowest BCUT2D eigenvalue weighted by molar-refractivity contribution is 0.0653. The van der Waals surface area contributed by atoms with Gasteiger partial charge in [0, 0.05) is 12.5 Å². The van der Waals surface area contributed by atoms with Gasteiger partial charge in [0.05, 0.1) is 11.1 Å². The fraction of sp³-hybridized carbons (Fsp3) is 0.227. The molecule has 1 aliphatic rings. The molecule has 5 heteroatoms. The minimum atomic E-state index is -0.211. The maximum atomic E-state index is 12.4. The monoisotopic (exact) mass is 356 g/mol. The molecule has 3 rings (SSSR count). The Morgan fingerprint density at radius 3 is 2.22 bits per heavy atom. The van der Waals surface area contributed by atoms with Gasteiger partial charge in [0.2, 0.25) is 0 Å². The molecule has 0 aliphatic carbocycles. The van der Waals surface area contributed by atoms with Crippen LogP contribution in [0.2, 0.25) is 6.82 Å². The van der Waals surface area contributed by atoms with Crippen molar-refractivity contribution in [1.29, 1.82) is 5.26 Å². The average molecular weight is 356 g/mol. The number of nitrogens with zero attached hydrogens (tertiary/aromatic N) is 2.